The van der Waals surface area contributed by atoms with Gasteiger partial charge in [0.2, 0.25) is 10.0 Å². The van der Waals surface area contributed by atoms with Crippen LogP contribution in [0.1, 0.15) is 31.6 Å². The van der Waals surface area contributed by atoms with Crippen molar-refractivity contribution < 1.29 is 8.42 Å². The Bertz CT molecular complexity index is 468. The fourth-order valence-corrected chi connectivity index (χ4v) is 5.48. The maximum Gasteiger partial charge on any atom is 0.244 e. The Kier molecular flexibility index (Phi) is 5.63. The molecule has 0 unspecified atom stereocenters. The van der Waals surface area contributed by atoms with Gasteiger partial charge in [-0.3, -0.25) is 0 Å². The smallest absolute Gasteiger partial charge is 0.207 e. The van der Waals surface area contributed by atoms with Crippen LogP contribution in [0.25, 0.3) is 0 Å². The molecule has 0 aliphatic rings. The molecule has 0 saturated carbocycles. The molecule has 3 nitrogen and oxygen atoms in total. The second-order valence-corrected chi connectivity index (χ2v) is 8.36. The molecule has 0 bridgehead atoms. The van der Waals surface area contributed by atoms with E-state index in [9.17, 15) is 8.42 Å². The lowest BCUT2D eigenvalue weighted by Crippen LogP contribution is -2.31. The molecule has 1 aromatic rings. The van der Waals surface area contributed by atoms with Crippen LogP contribution >= 0.6 is 27.3 Å². The standard InChI is InChI=1S/C11H18BrNO2S2/c1-4-6-7-13(5-2)17(14,15)10-8-11(12)16-9(10)3/h8H,4-7H2,1-3H3. The number of halogens is 1. The van der Waals surface area contributed by atoms with Crippen molar-refractivity contribution in [2.45, 2.75) is 38.5 Å². The second kappa shape index (κ2) is 6.31. The SMILES string of the molecule is CCCCN(CC)S(=O)(=O)c1cc(Br)sc1C. The van der Waals surface area contributed by atoms with E-state index in [0.29, 0.717) is 18.0 Å². The first-order valence-electron chi connectivity index (χ1n) is 5.69. The molecular formula is C11H18BrNO2S2. The molecule has 0 atom stereocenters. The van der Waals surface area contributed by atoms with Crippen LogP contribution in [0.4, 0.5) is 0 Å². The van der Waals surface area contributed by atoms with Crippen LogP contribution in [0.5, 0.6) is 0 Å². The first-order valence-corrected chi connectivity index (χ1v) is 8.74. The van der Waals surface area contributed by atoms with E-state index in [1.165, 1.54) is 11.3 Å². The van der Waals surface area contributed by atoms with Crippen LogP contribution < -0.4 is 0 Å². The topological polar surface area (TPSA) is 37.4 Å². The van der Waals surface area contributed by atoms with Crippen molar-refractivity contribution in [3.8, 4) is 0 Å². The first kappa shape index (κ1) is 15.1. The van der Waals surface area contributed by atoms with Gasteiger partial charge in [0, 0.05) is 18.0 Å². The molecular weight excluding hydrogens is 322 g/mol. The molecule has 0 saturated heterocycles. The number of hydrogen-bond donors (Lipinski definition) is 0. The summed E-state index contributed by atoms with van der Waals surface area (Å²) in [5.74, 6) is 0. The normalized spacial score (nSPS) is 12.3. The Morgan fingerprint density at radius 2 is 2.06 bits per heavy atom. The van der Waals surface area contributed by atoms with E-state index in [1.807, 2.05) is 13.8 Å². The lowest BCUT2D eigenvalue weighted by atomic mass is 10.3. The third-order valence-electron chi connectivity index (χ3n) is 2.57. The zero-order valence-electron chi connectivity index (χ0n) is 10.4. The maximum absolute atomic E-state index is 12.4. The summed E-state index contributed by atoms with van der Waals surface area (Å²) in [6, 6.07) is 1.70. The third kappa shape index (κ3) is 3.53. The average molecular weight is 340 g/mol. The Labute approximate surface area is 116 Å². The molecule has 0 amide bonds. The Morgan fingerprint density at radius 1 is 1.41 bits per heavy atom. The Morgan fingerprint density at radius 3 is 2.47 bits per heavy atom. The molecule has 17 heavy (non-hydrogen) atoms. The molecule has 0 fully saturated rings. The van der Waals surface area contributed by atoms with Gasteiger partial charge in [0.25, 0.3) is 0 Å². The van der Waals surface area contributed by atoms with Gasteiger partial charge in [-0.05, 0) is 35.3 Å². The number of sulfonamides is 1. The highest BCUT2D eigenvalue weighted by Crippen LogP contribution is 2.31. The molecule has 6 heteroatoms. The van der Waals surface area contributed by atoms with Crippen molar-refractivity contribution in [1.29, 1.82) is 0 Å². The molecule has 0 N–H and O–H groups in total. The highest BCUT2D eigenvalue weighted by molar-refractivity contribution is 9.11. The van der Waals surface area contributed by atoms with Crippen LogP contribution in [0, 0.1) is 6.92 Å². The molecule has 0 spiro atoms. The molecule has 98 valence electrons. The lowest BCUT2D eigenvalue weighted by Gasteiger charge is -2.19. The molecule has 0 radical (unpaired) electrons. The molecule has 1 rings (SSSR count). The zero-order valence-corrected chi connectivity index (χ0v) is 13.6. The summed E-state index contributed by atoms with van der Waals surface area (Å²) < 4.78 is 27.2. The second-order valence-electron chi connectivity index (χ2n) is 3.82. The number of hydrogen-bond acceptors (Lipinski definition) is 3. The predicted molar refractivity (Wildman–Crippen MR) is 76.1 cm³/mol. The van der Waals surface area contributed by atoms with E-state index >= 15 is 0 Å². The average Bonchev–Trinajstić information content (AvgIpc) is 2.59. The van der Waals surface area contributed by atoms with E-state index in [1.54, 1.807) is 10.4 Å². The van der Waals surface area contributed by atoms with Gasteiger partial charge in [0.05, 0.1) is 8.68 Å². The van der Waals surface area contributed by atoms with E-state index in [0.717, 1.165) is 21.5 Å². The summed E-state index contributed by atoms with van der Waals surface area (Å²) in [6.07, 6.45) is 1.90. The number of rotatable bonds is 6. The summed E-state index contributed by atoms with van der Waals surface area (Å²) in [7, 11) is -3.32. The minimum atomic E-state index is -3.32. The number of thiophene rings is 1. The predicted octanol–water partition coefficient (Wildman–Crippen LogP) is 3.63. The summed E-state index contributed by atoms with van der Waals surface area (Å²) >= 11 is 4.79. The van der Waals surface area contributed by atoms with Crippen LogP contribution in [0.2, 0.25) is 0 Å². The van der Waals surface area contributed by atoms with Crippen LogP contribution in [0.15, 0.2) is 14.7 Å². The van der Waals surface area contributed by atoms with Gasteiger partial charge in [-0.15, -0.1) is 11.3 Å². The van der Waals surface area contributed by atoms with E-state index < -0.39 is 10.0 Å². The summed E-state index contributed by atoms with van der Waals surface area (Å²) in [5.41, 5.74) is 0. The minimum Gasteiger partial charge on any atom is -0.207 e. The minimum absolute atomic E-state index is 0.437. The van der Waals surface area contributed by atoms with Gasteiger partial charge in [-0.1, -0.05) is 20.3 Å². The van der Waals surface area contributed by atoms with E-state index in [2.05, 4.69) is 22.9 Å². The van der Waals surface area contributed by atoms with Gasteiger partial charge in [-0.25, -0.2) is 8.42 Å². The van der Waals surface area contributed by atoms with Crippen LogP contribution in [-0.4, -0.2) is 25.8 Å². The van der Waals surface area contributed by atoms with Gasteiger partial charge in [-0.2, -0.15) is 4.31 Å². The fourth-order valence-electron chi connectivity index (χ4n) is 1.61. The van der Waals surface area contributed by atoms with Crippen molar-refractivity contribution in [1.82, 2.24) is 4.31 Å². The molecule has 0 aliphatic heterocycles. The summed E-state index contributed by atoms with van der Waals surface area (Å²) in [5, 5.41) is 0. The van der Waals surface area contributed by atoms with Crippen LogP contribution in [-0.2, 0) is 10.0 Å². The Balaban J connectivity index is 3.04. The number of unbranched alkanes of at least 4 members (excludes halogenated alkanes) is 1. The third-order valence-corrected chi connectivity index (χ3v) is 6.36. The molecule has 0 aliphatic carbocycles. The maximum atomic E-state index is 12.4. The zero-order chi connectivity index (χ0) is 13.1. The van der Waals surface area contributed by atoms with E-state index in [4.69, 9.17) is 0 Å². The Hall–Kier alpha value is 0.0900. The molecule has 1 aromatic heterocycles. The lowest BCUT2D eigenvalue weighted by molar-refractivity contribution is 0.419. The monoisotopic (exact) mass is 339 g/mol. The van der Waals surface area contributed by atoms with Crippen molar-refractivity contribution in [2.75, 3.05) is 13.1 Å². The largest absolute Gasteiger partial charge is 0.244 e. The fraction of sp³-hybridized carbons (Fsp3) is 0.636. The first-order chi connectivity index (χ1) is 7.93. The highest BCUT2D eigenvalue weighted by Gasteiger charge is 2.25. The number of nitrogens with zero attached hydrogens (tertiary/aromatic N) is 1. The summed E-state index contributed by atoms with van der Waals surface area (Å²) in [4.78, 5) is 1.28. The quantitative estimate of drug-likeness (QED) is 0.793. The van der Waals surface area contributed by atoms with E-state index in [-0.39, 0.29) is 0 Å². The summed E-state index contributed by atoms with van der Waals surface area (Å²) in [6.45, 7) is 6.91. The van der Waals surface area contributed by atoms with Crippen LogP contribution in [0.3, 0.4) is 0 Å². The van der Waals surface area contributed by atoms with Gasteiger partial charge in [0.1, 0.15) is 0 Å². The molecule has 0 aromatic carbocycles. The highest BCUT2D eigenvalue weighted by atomic mass is 79.9. The van der Waals surface area contributed by atoms with Crippen molar-refractivity contribution in [3.05, 3.63) is 14.7 Å². The van der Waals surface area contributed by atoms with Gasteiger partial charge in [0.15, 0.2) is 0 Å². The van der Waals surface area contributed by atoms with Gasteiger partial charge >= 0.3 is 0 Å². The van der Waals surface area contributed by atoms with Crippen molar-refractivity contribution in [3.63, 3.8) is 0 Å². The molecule has 1 heterocycles. The van der Waals surface area contributed by atoms with Crippen molar-refractivity contribution in [2.24, 2.45) is 0 Å². The number of aryl methyl sites for hydroxylation is 1. The van der Waals surface area contributed by atoms with Gasteiger partial charge < -0.3 is 0 Å². The van der Waals surface area contributed by atoms with Crippen molar-refractivity contribution >= 4 is 37.3 Å².